The summed E-state index contributed by atoms with van der Waals surface area (Å²) in [5, 5.41) is 0.206. The smallest absolute Gasteiger partial charge is 0.319 e. The van der Waals surface area contributed by atoms with Gasteiger partial charge in [0.2, 0.25) is 5.95 Å². The molecule has 5 atom stereocenters. The van der Waals surface area contributed by atoms with Gasteiger partial charge in [-0.2, -0.15) is 14.4 Å². The van der Waals surface area contributed by atoms with Gasteiger partial charge in [0.25, 0.3) is 0 Å². The molecule has 0 unspecified atom stereocenters. The lowest BCUT2D eigenvalue weighted by Gasteiger charge is -2.31. The maximum absolute atomic E-state index is 15.0. The molecule has 11 heteroatoms. The number of alkyl halides is 2. The molecule has 1 aromatic heterocycles. The summed E-state index contributed by atoms with van der Waals surface area (Å²) in [4.78, 5) is 12.1. The number of hydrogen-bond acceptors (Lipinski definition) is 7. The molecule has 1 saturated carbocycles. The zero-order valence-electron chi connectivity index (χ0n) is 19.3. The monoisotopic (exact) mass is 473 g/mol. The van der Waals surface area contributed by atoms with E-state index in [1.807, 2.05) is 0 Å². The normalized spacial score (nSPS) is 37.7. The first-order valence-corrected chi connectivity index (χ1v) is 11.3. The summed E-state index contributed by atoms with van der Waals surface area (Å²) in [6.07, 6.45) is 0.539. The molecule has 3 saturated heterocycles. The number of ether oxygens (including phenoxy) is 2. The van der Waals surface area contributed by atoms with Crippen LogP contribution in [-0.2, 0) is 4.74 Å². The second kappa shape index (κ2) is 7.63. The van der Waals surface area contributed by atoms with Crippen LogP contribution >= 0.6 is 11.8 Å². The van der Waals surface area contributed by atoms with E-state index in [2.05, 4.69) is 9.97 Å². The predicted molar refractivity (Wildman–Crippen MR) is 112 cm³/mol. The first-order valence-electron chi connectivity index (χ1n) is 12.0. The molecule has 1 aliphatic carbocycles. The van der Waals surface area contributed by atoms with Crippen LogP contribution in [0, 0.1) is 5.92 Å². The van der Waals surface area contributed by atoms with Gasteiger partial charge in [-0.05, 0) is 19.4 Å². The van der Waals surface area contributed by atoms with Crippen molar-refractivity contribution >= 4 is 29.6 Å². The molecule has 174 valence electrons. The fourth-order valence-corrected chi connectivity index (χ4v) is 5.65. The molecule has 0 N–H and O–H groups in total. The van der Waals surface area contributed by atoms with Crippen LogP contribution in [-0.4, -0.2) is 89.2 Å². The van der Waals surface area contributed by atoms with Crippen molar-refractivity contribution in [2.75, 3.05) is 50.9 Å². The van der Waals surface area contributed by atoms with Crippen molar-refractivity contribution in [3.63, 3.8) is 0 Å². The molecule has 0 radical (unpaired) electrons. The van der Waals surface area contributed by atoms with E-state index in [1.165, 1.54) is 0 Å². The second-order valence-electron chi connectivity index (χ2n) is 9.09. The van der Waals surface area contributed by atoms with Gasteiger partial charge in [0.1, 0.15) is 30.1 Å². The summed E-state index contributed by atoms with van der Waals surface area (Å²) in [5.41, 5.74) is -1.15. The van der Waals surface area contributed by atoms with Gasteiger partial charge in [0.05, 0.1) is 34.1 Å². The van der Waals surface area contributed by atoms with Gasteiger partial charge in [-0.15, -0.1) is 0 Å². The first-order chi connectivity index (χ1) is 16.2. The van der Waals surface area contributed by atoms with E-state index in [-0.39, 0.29) is 36.6 Å². The van der Waals surface area contributed by atoms with Crippen LogP contribution in [0.2, 0.25) is 0 Å². The Bertz CT molecular complexity index is 1130. The fraction of sp³-hybridized carbons (Fsp3) is 0.714. The zero-order chi connectivity index (χ0) is 23.8. The van der Waals surface area contributed by atoms with Gasteiger partial charge in [0, 0.05) is 42.4 Å². The summed E-state index contributed by atoms with van der Waals surface area (Å²) in [6, 6.07) is -0.863. The Morgan fingerprint density at radius 1 is 1.34 bits per heavy atom. The van der Waals surface area contributed by atoms with Crippen LogP contribution in [0.15, 0.2) is 0 Å². The van der Waals surface area contributed by atoms with Crippen LogP contribution in [0.1, 0.15) is 22.0 Å². The van der Waals surface area contributed by atoms with E-state index < -0.39 is 42.4 Å². The van der Waals surface area contributed by atoms with Crippen molar-refractivity contribution < 1.29 is 25.4 Å². The number of halogens is 4. The van der Waals surface area contributed by atoms with Gasteiger partial charge in [-0.3, -0.25) is 9.32 Å². The Hall–Kier alpha value is -1.78. The van der Waals surface area contributed by atoms with Gasteiger partial charge in [-0.25, -0.2) is 8.78 Å². The van der Waals surface area contributed by atoms with Crippen molar-refractivity contribution in [2.45, 2.75) is 43.2 Å². The van der Waals surface area contributed by atoms with E-state index in [0.717, 1.165) is 10.8 Å². The highest BCUT2D eigenvalue weighted by Crippen LogP contribution is 2.42. The number of hydrogen-bond donors (Lipinski definition) is 0. The number of rotatable bonds is 4. The quantitative estimate of drug-likeness (QED) is 0.475. The molecule has 7 nitrogen and oxygen atoms in total. The Morgan fingerprint density at radius 3 is 3.09 bits per heavy atom. The minimum absolute atomic E-state index is 0.00172. The third-order valence-electron chi connectivity index (χ3n) is 7.15. The lowest BCUT2D eigenvalue weighted by Crippen LogP contribution is -2.46. The molecule has 5 aliphatic rings. The average molecular weight is 474 g/mol. The van der Waals surface area contributed by atoms with Crippen molar-refractivity contribution in [3.8, 4) is 6.01 Å². The minimum atomic E-state index is -2.34. The average Bonchev–Trinajstić information content (AvgIpc) is 3.14. The molecule has 0 bridgehead atoms. The van der Waals surface area contributed by atoms with Crippen LogP contribution in [0.4, 0.5) is 19.0 Å². The fourth-order valence-electron chi connectivity index (χ4n) is 5.50. The summed E-state index contributed by atoms with van der Waals surface area (Å²) in [5.74, 6) is -0.877. The van der Waals surface area contributed by atoms with E-state index >= 15 is 4.39 Å². The van der Waals surface area contributed by atoms with E-state index in [9.17, 15) is 8.78 Å². The molecular formula is C21H25ClF3N5O2. The molecule has 0 amide bonds. The second-order valence-corrected chi connectivity index (χ2v) is 9.49. The summed E-state index contributed by atoms with van der Waals surface area (Å²) < 4.78 is 73.4. The van der Waals surface area contributed by atoms with Gasteiger partial charge >= 0.3 is 6.01 Å². The molecule has 32 heavy (non-hydrogen) atoms. The summed E-state index contributed by atoms with van der Waals surface area (Å²) in [6.45, 7) is -0.579. The number of nitrogens with zero attached hydrogens (tertiary/aromatic N) is 5. The van der Waals surface area contributed by atoms with Crippen molar-refractivity contribution in [3.05, 3.63) is 10.6 Å². The van der Waals surface area contributed by atoms with Crippen molar-refractivity contribution in [1.29, 1.82) is 0 Å². The highest BCUT2D eigenvalue weighted by molar-refractivity contribution is 6.16. The molecule has 0 aromatic carbocycles. The first kappa shape index (κ1) is 18.6. The largest absolute Gasteiger partial charge is 0.461 e. The number of aromatic nitrogens is 2. The van der Waals surface area contributed by atoms with E-state index in [0.29, 0.717) is 37.9 Å². The summed E-state index contributed by atoms with van der Waals surface area (Å²) >= 11 is 5.97. The van der Waals surface area contributed by atoms with Gasteiger partial charge < -0.3 is 14.4 Å². The SMILES string of the molecule is [2H]C([2H])(Oc1nc(N2CCOC[C@H]3[C@H](F)[C@H]32)c2c(n1)=C(F)N(Cl)CC=2)[C@@]12CCCN1C[C@H](F)C2. The molecule has 4 aliphatic heterocycles. The highest BCUT2D eigenvalue weighted by atomic mass is 35.5. The Labute approximate surface area is 191 Å². The molecule has 4 fully saturated rings. The number of anilines is 1. The van der Waals surface area contributed by atoms with Crippen LogP contribution in [0.3, 0.4) is 0 Å². The van der Waals surface area contributed by atoms with E-state index in [1.54, 1.807) is 15.9 Å². The Morgan fingerprint density at radius 2 is 2.22 bits per heavy atom. The molecule has 0 spiro atoms. The lowest BCUT2D eigenvalue weighted by molar-refractivity contribution is 0.107. The maximum Gasteiger partial charge on any atom is 0.319 e. The van der Waals surface area contributed by atoms with Crippen LogP contribution in [0.25, 0.3) is 12.0 Å². The molecule has 1 aromatic rings. The third-order valence-corrected chi connectivity index (χ3v) is 7.44. The molecule has 6 rings (SSSR count). The molecular weight excluding hydrogens is 447 g/mol. The topological polar surface area (TPSA) is 54.0 Å². The Balaban J connectivity index is 1.44. The van der Waals surface area contributed by atoms with Crippen LogP contribution in [0.5, 0.6) is 6.01 Å². The maximum atomic E-state index is 15.0. The van der Waals surface area contributed by atoms with E-state index in [4.69, 9.17) is 24.0 Å². The summed E-state index contributed by atoms with van der Waals surface area (Å²) in [7, 11) is 0. The van der Waals surface area contributed by atoms with Gasteiger partial charge in [-0.1, -0.05) is 6.08 Å². The minimum Gasteiger partial charge on any atom is -0.461 e. The zero-order valence-corrected chi connectivity index (χ0v) is 18.1. The third kappa shape index (κ3) is 3.25. The van der Waals surface area contributed by atoms with Gasteiger partial charge in [0.15, 0.2) is 0 Å². The number of fused-ring (bicyclic) bond motifs is 3. The lowest BCUT2D eigenvalue weighted by atomic mass is 9.95. The van der Waals surface area contributed by atoms with Crippen molar-refractivity contribution in [2.24, 2.45) is 5.92 Å². The standard InChI is InChI=1S/C21H25ClF3N5O2/c22-30-5-2-13-16(18(30)25)26-20(32-11-21-3-1-4-28(21)9-12(23)8-21)27-19(13)29-6-7-31-10-14-15(24)17(14)29/h2,12,14-15,17H,1,3-11H2/t12-,14+,15+,17+,21+/m1/s1/i11D2. The van der Waals surface area contributed by atoms with Crippen LogP contribution < -0.4 is 20.2 Å². The Kier molecular flexibility index (Phi) is 4.44. The molecule has 5 heterocycles. The van der Waals surface area contributed by atoms with Crippen molar-refractivity contribution in [1.82, 2.24) is 19.3 Å². The highest BCUT2D eigenvalue weighted by Gasteiger charge is 2.56. The predicted octanol–water partition coefficient (Wildman–Crippen LogP) is 0.890.